The molecule has 3 aromatic heterocycles. The van der Waals surface area contributed by atoms with Gasteiger partial charge < -0.3 is 14.5 Å². The molecule has 0 fully saturated rings. The molecule has 1 aliphatic rings. The van der Waals surface area contributed by atoms with Crippen LogP contribution in [0.4, 0.5) is 0 Å². The molecular formula is C22H19N5O2. The van der Waals surface area contributed by atoms with Crippen molar-refractivity contribution in [2.75, 3.05) is 0 Å². The Morgan fingerprint density at radius 3 is 2.48 bits per heavy atom. The normalized spacial score (nSPS) is 12.9. The molecule has 0 radical (unpaired) electrons. The number of carbonyl (C=O) groups excluding carboxylic acids is 1. The first-order chi connectivity index (χ1) is 14.1. The highest BCUT2D eigenvalue weighted by atomic mass is 16.2. The number of aryl methyl sites for hydroxylation is 1. The second-order valence-corrected chi connectivity index (χ2v) is 7.19. The van der Waals surface area contributed by atoms with Crippen LogP contribution in [0.15, 0.2) is 71.9 Å². The van der Waals surface area contributed by atoms with E-state index in [1.165, 1.54) is 17.8 Å². The summed E-state index contributed by atoms with van der Waals surface area (Å²) in [7, 11) is 0. The lowest BCUT2D eigenvalue weighted by molar-refractivity contribution is 0.0748. The van der Waals surface area contributed by atoms with Gasteiger partial charge in [-0.3, -0.25) is 9.59 Å². The number of rotatable bonds is 3. The average Bonchev–Trinajstić information content (AvgIpc) is 3.44. The molecule has 1 amide bonds. The van der Waals surface area contributed by atoms with E-state index in [2.05, 4.69) is 24.0 Å². The largest absolute Gasteiger partial charge is 0.328 e. The van der Waals surface area contributed by atoms with E-state index in [0.717, 1.165) is 22.8 Å². The van der Waals surface area contributed by atoms with Crippen molar-refractivity contribution < 1.29 is 4.79 Å². The van der Waals surface area contributed by atoms with E-state index in [-0.39, 0.29) is 11.5 Å². The molecule has 0 spiro atoms. The van der Waals surface area contributed by atoms with Crippen LogP contribution < -0.4 is 5.56 Å². The molecule has 0 atom stereocenters. The van der Waals surface area contributed by atoms with Gasteiger partial charge in [-0.1, -0.05) is 17.7 Å². The Bertz CT molecular complexity index is 1230. The number of fused-ring (bicyclic) bond motifs is 1. The van der Waals surface area contributed by atoms with Crippen molar-refractivity contribution in [1.82, 2.24) is 24.2 Å². The van der Waals surface area contributed by atoms with Crippen LogP contribution in [0.2, 0.25) is 0 Å². The number of pyridine rings is 1. The molecule has 144 valence electrons. The first kappa shape index (κ1) is 17.2. The second-order valence-electron chi connectivity index (χ2n) is 7.19. The molecule has 29 heavy (non-hydrogen) atoms. The van der Waals surface area contributed by atoms with Crippen molar-refractivity contribution in [3.05, 3.63) is 99.9 Å². The number of amides is 1. The van der Waals surface area contributed by atoms with E-state index in [0.29, 0.717) is 18.7 Å². The fourth-order valence-electron chi connectivity index (χ4n) is 3.68. The van der Waals surface area contributed by atoms with E-state index in [1.807, 2.05) is 45.9 Å². The van der Waals surface area contributed by atoms with Crippen LogP contribution in [0.5, 0.6) is 0 Å². The van der Waals surface area contributed by atoms with Crippen LogP contribution >= 0.6 is 0 Å². The average molecular weight is 385 g/mol. The number of nitrogens with zero attached hydrogens (tertiary/aromatic N) is 4. The molecule has 4 heterocycles. The summed E-state index contributed by atoms with van der Waals surface area (Å²) in [6.45, 7) is 2.95. The number of H-pyrrole nitrogens is 1. The summed E-state index contributed by atoms with van der Waals surface area (Å²) in [4.78, 5) is 28.5. The van der Waals surface area contributed by atoms with Gasteiger partial charge in [0, 0.05) is 30.2 Å². The minimum absolute atomic E-state index is 0.125. The van der Waals surface area contributed by atoms with Gasteiger partial charge in [0.1, 0.15) is 5.82 Å². The third-order valence-electron chi connectivity index (χ3n) is 5.18. The smallest absolute Gasteiger partial charge is 0.255 e. The predicted octanol–water partition coefficient (Wildman–Crippen LogP) is 2.82. The number of hydrogen-bond acceptors (Lipinski definition) is 3. The molecule has 0 unspecified atom stereocenters. The Labute approximate surface area is 166 Å². The summed E-state index contributed by atoms with van der Waals surface area (Å²) >= 11 is 0. The summed E-state index contributed by atoms with van der Waals surface area (Å²) in [6, 6.07) is 15.1. The molecule has 7 heteroatoms. The first-order valence-electron chi connectivity index (χ1n) is 9.39. The van der Waals surface area contributed by atoms with E-state index in [1.54, 1.807) is 11.0 Å². The van der Waals surface area contributed by atoms with Crippen molar-refractivity contribution in [3.63, 3.8) is 0 Å². The van der Waals surface area contributed by atoms with Gasteiger partial charge in [0.25, 0.3) is 5.91 Å². The van der Waals surface area contributed by atoms with Crippen LogP contribution in [-0.4, -0.2) is 30.1 Å². The van der Waals surface area contributed by atoms with Gasteiger partial charge in [-0.15, -0.1) is 0 Å². The van der Waals surface area contributed by atoms with E-state index >= 15 is 0 Å². The molecule has 0 saturated carbocycles. The zero-order valence-corrected chi connectivity index (χ0v) is 15.9. The summed E-state index contributed by atoms with van der Waals surface area (Å²) in [5.41, 5.74) is 4.31. The lowest BCUT2D eigenvalue weighted by atomic mass is 10.2. The molecule has 0 bridgehead atoms. The van der Waals surface area contributed by atoms with Gasteiger partial charge in [0.15, 0.2) is 0 Å². The summed E-state index contributed by atoms with van der Waals surface area (Å²) < 4.78 is 3.96. The fraction of sp³-hybridized carbons (Fsp3) is 0.136. The Kier molecular flexibility index (Phi) is 3.94. The minimum atomic E-state index is -0.226. The molecule has 7 nitrogen and oxygen atoms in total. The minimum Gasteiger partial charge on any atom is -0.328 e. The lowest BCUT2D eigenvalue weighted by Crippen LogP contribution is -2.27. The summed E-state index contributed by atoms with van der Waals surface area (Å²) in [5.74, 6) is 0.810. The van der Waals surface area contributed by atoms with Gasteiger partial charge >= 0.3 is 0 Å². The molecule has 0 saturated heterocycles. The summed E-state index contributed by atoms with van der Waals surface area (Å²) in [6.07, 6.45) is 5.42. The summed E-state index contributed by atoms with van der Waals surface area (Å²) in [5, 5.41) is 4.83. The predicted molar refractivity (Wildman–Crippen MR) is 108 cm³/mol. The second kappa shape index (κ2) is 6.63. The molecule has 5 rings (SSSR count). The molecule has 4 aromatic rings. The standard InChI is InChI=1S/C22H19N5O2/c1-15-4-7-17(8-5-15)27-21(25-10-2-3-11-25)18-13-26(14-19(18)24-27)22(29)16-6-9-20(28)23-12-16/h2-12H,13-14H2,1H3,(H,23,28). The highest BCUT2D eigenvalue weighted by Gasteiger charge is 2.31. The van der Waals surface area contributed by atoms with Gasteiger partial charge in [-0.05, 0) is 37.3 Å². The third-order valence-corrected chi connectivity index (χ3v) is 5.18. The van der Waals surface area contributed by atoms with Crippen molar-refractivity contribution in [2.24, 2.45) is 0 Å². The van der Waals surface area contributed by atoms with Crippen LogP contribution in [-0.2, 0) is 13.1 Å². The molecule has 0 aliphatic carbocycles. The lowest BCUT2D eigenvalue weighted by Gasteiger charge is -2.17. The topological polar surface area (TPSA) is 75.9 Å². The SMILES string of the molecule is Cc1ccc(-n2nc3c(c2-n2cccc2)CN(C(=O)c2ccc(=O)[nH]c2)C3)cc1. The van der Waals surface area contributed by atoms with Gasteiger partial charge in [0.2, 0.25) is 5.56 Å². The quantitative estimate of drug-likeness (QED) is 0.589. The van der Waals surface area contributed by atoms with Crippen molar-refractivity contribution >= 4 is 5.91 Å². The highest BCUT2D eigenvalue weighted by molar-refractivity contribution is 5.94. The number of nitrogens with one attached hydrogen (secondary N) is 1. The third kappa shape index (κ3) is 2.97. The van der Waals surface area contributed by atoms with Crippen molar-refractivity contribution in [1.29, 1.82) is 0 Å². The van der Waals surface area contributed by atoms with Crippen LogP contribution in [0.3, 0.4) is 0 Å². The monoisotopic (exact) mass is 385 g/mol. The Balaban J connectivity index is 1.54. The van der Waals surface area contributed by atoms with E-state index in [4.69, 9.17) is 5.10 Å². The highest BCUT2D eigenvalue weighted by Crippen LogP contribution is 2.31. The zero-order valence-electron chi connectivity index (χ0n) is 15.9. The Morgan fingerprint density at radius 2 is 1.79 bits per heavy atom. The van der Waals surface area contributed by atoms with E-state index < -0.39 is 0 Å². The van der Waals surface area contributed by atoms with Crippen LogP contribution in [0, 0.1) is 6.92 Å². The van der Waals surface area contributed by atoms with Gasteiger partial charge in [0.05, 0.1) is 30.0 Å². The zero-order chi connectivity index (χ0) is 20.0. The maximum Gasteiger partial charge on any atom is 0.255 e. The van der Waals surface area contributed by atoms with Crippen LogP contribution in [0.25, 0.3) is 11.5 Å². The van der Waals surface area contributed by atoms with Crippen LogP contribution in [0.1, 0.15) is 27.2 Å². The van der Waals surface area contributed by atoms with E-state index in [9.17, 15) is 9.59 Å². The fourth-order valence-corrected chi connectivity index (χ4v) is 3.68. The first-order valence-corrected chi connectivity index (χ1v) is 9.39. The van der Waals surface area contributed by atoms with Gasteiger partial charge in [-0.2, -0.15) is 5.10 Å². The number of benzene rings is 1. The molecule has 1 aromatic carbocycles. The Morgan fingerprint density at radius 1 is 1.03 bits per heavy atom. The number of hydrogen-bond donors (Lipinski definition) is 1. The maximum absolute atomic E-state index is 12.9. The molecule has 1 N–H and O–H groups in total. The maximum atomic E-state index is 12.9. The number of carbonyl (C=O) groups is 1. The van der Waals surface area contributed by atoms with Crippen molar-refractivity contribution in [2.45, 2.75) is 20.0 Å². The number of aromatic amines is 1. The molecular weight excluding hydrogens is 366 g/mol. The van der Waals surface area contributed by atoms with Gasteiger partial charge in [-0.25, -0.2) is 4.68 Å². The van der Waals surface area contributed by atoms with Crippen molar-refractivity contribution in [3.8, 4) is 11.5 Å². The Hall–Kier alpha value is -3.87. The molecule has 1 aliphatic heterocycles. The number of aromatic nitrogens is 4.